The monoisotopic (exact) mass is 578 g/mol. The Morgan fingerprint density at radius 3 is 2.02 bits per heavy atom. The second-order valence-corrected chi connectivity index (χ2v) is 19.3. The summed E-state index contributed by atoms with van der Waals surface area (Å²) < 4.78 is 18.2. The number of aliphatic hydroxyl groups is 1. The summed E-state index contributed by atoms with van der Waals surface area (Å²) in [4.78, 5) is 26.3. The van der Waals surface area contributed by atoms with Gasteiger partial charge in [0.1, 0.15) is 11.4 Å². The van der Waals surface area contributed by atoms with Gasteiger partial charge in [0.25, 0.3) is 0 Å². The highest BCUT2D eigenvalue weighted by molar-refractivity contribution is 6.74. The molecule has 0 radical (unpaired) electrons. The van der Waals surface area contributed by atoms with Crippen LogP contribution in [0.5, 0.6) is 0 Å². The molecule has 0 aliphatic carbocycles. The fraction of sp³-hybridized carbons (Fsp3) is 0.758. The van der Waals surface area contributed by atoms with Gasteiger partial charge in [-0.25, -0.2) is 0 Å². The van der Waals surface area contributed by atoms with E-state index in [0.717, 1.165) is 19.3 Å². The van der Waals surface area contributed by atoms with Crippen LogP contribution in [0.2, 0.25) is 18.1 Å². The molecule has 0 fully saturated rings. The van der Waals surface area contributed by atoms with E-state index in [1.165, 1.54) is 5.56 Å². The van der Waals surface area contributed by atoms with Crippen LogP contribution in [0.1, 0.15) is 100 Å². The first-order valence-corrected chi connectivity index (χ1v) is 17.8. The van der Waals surface area contributed by atoms with Gasteiger partial charge in [0.2, 0.25) is 0 Å². The Morgan fingerprint density at radius 1 is 0.925 bits per heavy atom. The highest BCUT2D eigenvalue weighted by Gasteiger charge is 2.46. The Morgan fingerprint density at radius 2 is 1.50 bits per heavy atom. The molecule has 0 heterocycles. The van der Waals surface area contributed by atoms with Crippen molar-refractivity contribution >= 4 is 20.1 Å². The van der Waals surface area contributed by atoms with Gasteiger partial charge in [0.15, 0.2) is 8.32 Å². The third-order valence-corrected chi connectivity index (χ3v) is 12.7. The third-order valence-electron chi connectivity index (χ3n) is 8.26. The topological polar surface area (TPSA) is 82.1 Å². The zero-order chi connectivity index (χ0) is 30.9. The van der Waals surface area contributed by atoms with E-state index in [2.05, 4.69) is 52.9 Å². The summed E-state index contributed by atoms with van der Waals surface area (Å²) in [6.07, 6.45) is 1.15. The average Bonchev–Trinajstić information content (AvgIpc) is 2.82. The smallest absolute Gasteiger partial charge is 0.308 e. The van der Waals surface area contributed by atoms with Crippen LogP contribution in [-0.2, 0) is 30.1 Å². The summed E-state index contributed by atoms with van der Waals surface area (Å²) in [6, 6.07) is 10.2. The fourth-order valence-corrected chi connectivity index (χ4v) is 5.99. The van der Waals surface area contributed by atoms with Crippen LogP contribution in [0.3, 0.4) is 0 Å². The first-order chi connectivity index (χ1) is 18.2. The molecular formula is C33H58O6Si. The number of unbranched alkanes of at least 4 members (excludes halogenated alkanes) is 1. The second kappa shape index (κ2) is 15.1. The highest BCUT2D eigenvalue weighted by atomic mass is 28.4. The Bertz CT molecular complexity index is 913. The van der Waals surface area contributed by atoms with Gasteiger partial charge in [-0.2, -0.15) is 0 Å². The number of hydrogen-bond donors (Lipinski definition) is 1. The third kappa shape index (κ3) is 11.7. The molecule has 0 saturated carbocycles. The van der Waals surface area contributed by atoms with Gasteiger partial charge in [0, 0.05) is 12.5 Å². The molecule has 0 aliphatic heterocycles. The summed E-state index contributed by atoms with van der Waals surface area (Å²) in [5, 5.41) is 11.0. The molecule has 0 spiro atoms. The second-order valence-electron chi connectivity index (χ2n) is 14.5. The zero-order valence-electron chi connectivity index (χ0n) is 27.4. The highest BCUT2D eigenvalue weighted by Crippen LogP contribution is 2.41. The molecule has 6 nitrogen and oxygen atoms in total. The number of ether oxygens (including phenoxy) is 2. The minimum absolute atomic E-state index is 0.00917. The zero-order valence-corrected chi connectivity index (χ0v) is 28.4. The Balaban J connectivity index is 2.92. The first kappa shape index (κ1) is 36.5. The Labute approximate surface area is 245 Å². The molecule has 230 valence electrons. The largest absolute Gasteiger partial charge is 0.460 e. The van der Waals surface area contributed by atoms with Crippen molar-refractivity contribution in [2.24, 2.45) is 17.3 Å². The summed E-state index contributed by atoms with van der Waals surface area (Å²) >= 11 is 0. The fourth-order valence-electron chi connectivity index (χ4n) is 4.52. The number of rotatable bonds is 16. The van der Waals surface area contributed by atoms with Crippen LogP contribution in [0.15, 0.2) is 30.3 Å². The van der Waals surface area contributed by atoms with E-state index < -0.39 is 37.3 Å². The molecule has 40 heavy (non-hydrogen) atoms. The Kier molecular flexibility index (Phi) is 13.8. The van der Waals surface area contributed by atoms with Gasteiger partial charge >= 0.3 is 5.97 Å². The van der Waals surface area contributed by atoms with E-state index in [9.17, 15) is 14.7 Å². The van der Waals surface area contributed by atoms with Crippen LogP contribution in [0, 0.1) is 17.3 Å². The van der Waals surface area contributed by atoms with Crippen LogP contribution < -0.4 is 0 Å². The van der Waals surface area contributed by atoms with Gasteiger partial charge in [-0.1, -0.05) is 85.2 Å². The molecule has 0 amide bonds. The molecule has 0 unspecified atom stereocenters. The lowest BCUT2D eigenvalue weighted by Crippen LogP contribution is -2.51. The Hall–Kier alpha value is -1.54. The van der Waals surface area contributed by atoms with Crippen molar-refractivity contribution in [3.63, 3.8) is 0 Å². The van der Waals surface area contributed by atoms with E-state index in [1.54, 1.807) is 34.6 Å². The lowest BCUT2D eigenvalue weighted by molar-refractivity contribution is -0.160. The van der Waals surface area contributed by atoms with Crippen molar-refractivity contribution < 1.29 is 28.6 Å². The number of aliphatic hydroxyl groups excluding tert-OH is 1. The van der Waals surface area contributed by atoms with Crippen LogP contribution in [0.4, 0.5) is 0 Å². The van der Waals surface area contributed by atoms with Crippen LogP contribution in [-0.4, -0.2) is 49.6 Å². The number of hydrogen-bond acceptors (Lipinski definition) is 6. The molecule has 1 rings (SSSR count). The summed E-state index contributed by atoms with van der Waals surface area (Å²) in [6.45, 7) is 25.2. The van der Waals surface area contributed by atoms with Gasteiger partial charge in [-0.05, 0) is 63.2 Å². The lowest BCUT2D eigenvalue weighted by atomic mass is 9.73. The number of esters is 1. The molecule has 0 bridgehead atoms. The van der Waals surface area contributed by atoms with E-state index in [1.807, 2.05) is 25.1 Å². The average molecular weight is 579 g/mol. The molecule has 4 atom stereocenters. The number of ketones is 1. The molecule has 0 aliphatic rings. The van der Waals surface area contributed by atoms with E-state index in [-0.39, 0.29) is 29.3 Å². The maximum atomic E-state index is 13.9. The van der Waals surface area contributed by atoms with Gasteiger partial charge in [0.05, 0.1) is 30.7 Å². The maximum absolute atomic E-state index is 13.9. The molecule has 0 saturated heterocycles. The first-order valence-electron chi connectivity index (χ1n) is 14.9. The van der Waals surface area contributed by atoms with Gasteiger partial charge in [-0.15, -0.1) is 0 Å². The predicted molar refractivity (Wildman–Crippen MR) is 166 cm³/mol. The van der Waals surface area contributed by atoms with E-state index in [0.29, 0.717) is 13.2 Å². The SMILES string of the molecule is C[C@@H](CCCCOCc1ccccc1)[C@H](O[Si](C)(C)C(C)(C)C)[C@@H](C)C(=O)C(C)(C)[C@@H](O)CC(=O)OC(C)(C)C. The van der Waals surface area contributed by atoms with Crippen LogP contribution >= 0.6 is 0 Å². The summed E-state index contributed by atoms with van der Waals surface area (Å²) in [5.41, 5.74) is -0.610. The maximum Gasteiger partial charge on any atom is 0.308 e. The van der Waals surface area contributed by atoms with Crippen LogP contribution in [0.25, 0.3) is 0 Å². The molecular weight excluding hydrogens is 520 g/mol. The standard InChI is InChI=1S/C33H58O6Si/c1-24(18-16-17-21-37-23-26-19-14-13-15-20-26)29(39-40(11,12)32(6,7)8)25(2)30(36)33(9,10)27(34)22-28(35)38-31(3,4)5/h13-15,19-20,24-25,27,29,34H,16-18,21-23H2,1-12H3/t24-,25+,27-,29-/m0/s1. The van der Waals surface area contributed by atoms with Gasteiger partial charge < -0.3 is 19.0 Å². The van der Waals surface area contributed by atoms with Crippen molar-refractivity contribution in [2.45, 2.75) is 137 Å². The molecule has 1 aromatic carbocycles. The minimum Gasteiger partial charge on any atom is -0.460 e. The summed E-state index contributed by atoms with van der Waals surface area (Å²) in [7, 11) is -2.19. The summed E-state index contributed by atoms with van der Waals surface area (Å²) in [5.74, 6) is -0.904. The van der Waals surface area contributed by atoms with Gasteiger partial charge in [-0.3, -0.25) is 9.59 Å². The van der Waals surface area contributed by atoms with Crippen molar-refractivity contribution in [1.82, 2.24) is 0 Å². The lowest BCUT2D eigenvalue weighted by Gasteiger charge is -2.44. The van der Waals surface area contributed by atoms with E-state index in [4.69, 9.17) is 13.9 Å². The number of Topliss-reactive ketones (excluding diaryl/α,β-unsaturated/α-hetero) is 1. The number of carbonyl (C=O) groups excluding carboxylic acids is 2. The predicted octanol–water partition coefficient (Wildman–Crippen LogP) is 7.72. The quantitative estimate of drug-likeness (QED) is 0.123. The molecule has 1 aromatic rings. The van der Waals surface area contributed by atoms with Crippen molar-refractivity contribution in [3.05, 3.63) is 35.9 Å². The minimum atomic E-state index is -2.19. The molecule has 1 N–H and O–H groups in total. The van der Waals surface area contributed by atoms with Crippen molar-refractivity contribution in [1.29, 1.82) is 0 Å². The normalized spacial score (nSPS) is 16.2. The van der Waals surface area contributed by atoms with Crippen molar-refractivity contribution in [2.75, 3.05) is 6.61 Å². The molecule has 0 aromatic heterocycles. The van der Waals surface area contributed by atoms with Crippen molar-refractivity contribution in [3.8, 4) is 0 Å². The number of carbonyl (C=O) groups is 2. The number of benzene rings is 1. The molecule has 7 heteroatoms. The van der Waals surface area contributed by atoms with E-state index >= 15 is 0 Å².